The van der Waals surface area contributed by atoms with E-state index in [1.165, 1.54) is 0 Å². The van der Waals surface area contributed by atoms with Gasteiger partial charge in [0.2, 0.25) is 0 Å². The van der Waals surface area contributed by atoms with Crippen molar-refractivity contribution in [1.82, 2.24) is 9.80 Å². The Labute approximate surface area is 203 Å². The predicted molar refractivity (Wildman–Crippen MR) is 132 cm³/mol. The average molecular weight is 495 g/mol. The molecular formula is C25H30ClF3N4O. The normalized spacial score (nSPS) is 12.8. The minimum absolute atomic E-state index is 0.0178. The first-order chi connectivity index (χ1) is 16.1. The molecule has 0 aliphatic heterocycles. The first-order valence-electron chi connectivity index (χ1n) is 11.1. The van der Waals surface area contributed by atoms with Crippen molar-refractivity contribution in [3.63, 3.8) is 0 Å². The fourth-order valence-corrected chi connectivity index (χ4v) is 3.43. The molecular weight excluding hydrogens is 465 g/mol. The highest BCUT2D eigenvalue weighted by atomic mass is 35.5. The first kappa shape index (κ1) is 27.4. The fraction of sp³-hybridized carbons (Fsp3) is 0.360. The second kappa shape index (κ2) is 12.6. The van der Waals surface area contributed by atoms with Crippen LogP contribution in [0.5, 0.6) is 0 Å². The second-order valence-electron chi connectivity index (χ2n) is 7.53. The molecule has 0 fully saturated rings. The number of benzene rings is 2. The first-order valence-corrected chi connectivity index (χ1v) is 11.5. The molecule has 2 aromatic rings. The maximum atomic E-state index is 13.1. The number of aliphatic imine (C=N–C) groups is 1. The summed E-state index contributed by atoms with van der Waals surface area (Å²) in [6.07, 6.45) is -3.94. The Morgan fingerprint density at radius 2 is 1.56 bits per heavy atom. The van der Waals surface area contributed by atoms with Gasteiger partial charge in [-0.2, -0.15) is 13.2 Å². The number of carbonyl (C=O) groups is 1. The maximum Gasteiger partial charge on any atom is 0.430 e. The third-order valence-corrected chi connectivity index (χ3v) is 5.71. The number of nitrogens with zero attached hydrogens (tertiary/aromatic N) is 3. The molecule has 9 heteroatoms. The quantitative estimate of drug-likeness (QED) is 0.433. The van der Waals surface area contributed by atoms with Gasteiger partial charge in [-0.05, 0) is 50.4 Å². The minimum atomic E-state index is -4.70. The number of hydrogen-bond donors (Lipinski definition) is 1. The topological polar surface area (TPSA) is 61.9 Å². The Morgan fingerprint density at radius 3 is 2.09 bits per heavy atom. The Kier molecular flexibility index (Phi) is 10.1. The van der Waals surface area contributed by atoms with Crippen molar-refractivity contribution in [2.45, 2.75) is 26.9 Å². The van der Waals surface area contributed by atoms with Crippen LogP contribution in [0.15, 0.2) is 65.3 Å². The summed E-state index contributed by atoms with van der Waals surface area (Å²) in [4.78, 5) is 21.2. The lowest BCUT2D eigenvalue weighted by Gasteiger charge is -2.25. The molecule has 0 aliphatic rings. The lowest BCUT2D eigenvalue weighted by Crippen LogP contribution is -2.38. The number of halogens is 4. The van der Waals surface area contributed by atoms with E-state index < -0.39 is 11.9 Å². The third kappa shape index (κ3) is 7.60. The van der Waals surface area contributed by atoms with Crippen LogP contribution in [0, 0.1) is 0 Å². The van der Waals surface area contributed by atoms with Crippen LogP contribution in [-0.4, -0.2) is 60.3 Å². The van der Waals surface area contributed by atoms with E-state index in [0.717, 1.165) is 25.7 Å². The van der Waals surface area contributed by atoms with Crippen LogP contribution in [0.3, 0.4) is 0 Å². The maximum absolute atomic E-state index is 13.1. The number of amides is 1. The number of alkyl halides is 3. The summed E-state index contributed by atoms with van der Waals surface area (Å²) in [6.45, 7) is 9.76. The number of hydrogen-bond acceptors (Lipinski definition) is 4. The molecule has 0 saturated heterocycles. The number of likely N-dealkylation sites (N-methyl/N-ethyl adjacent to an activating group) is 2. The molecule has 0 heterocycles. The number of carbonyl (C=O) groups excluding carboxylic acids is 1. The molecule has 2 rings (SSSR count). The van der Waals surface area contributed by atoms with Gasteiger partial charge in [0, 0.05) is 30.8 Å². The van der Waals surface area contributed by atoms with E-state index in [9.17, 15) is 18.0 Å². The van der Waals surface area contributed by atoms with Crippen molar-refractivity contribution in [3.05, 3.63) is 76.5 Å². The minimum Gasteiger partial charge on any atom is -0.395 e. The van der Waals surface area contributed by atoms with Gasteiger partial charge in [0.1, 0.15) is 5.70 Å². The molecule has 0 atom stereocenters. The van der Waals surface area contributed by atoms with Crippen molar-refractivity contribution < 1.29 is 18.0 Å². The summed E-state index contributed by atoms with van der Waals surface area (Å²) in [5.74, 6) is -0.142. The Balaban J connectivity index is 2.36. The van der Waals surface area contributed by atoms with E-state index in [1.54, 1.807) is 53.4 Å². The predicted octanol–water partition coefficient (Wildman–Crippen LogP) is 5.67. The van der Waals surface area contributed by atoms with E-state index in [-0.39, 0.29) is 16.6 Å². The van der Waals surface area contributed by atoms with Gasteiger partial charge in [-0.3, -0.25) is 4.79 Å². The molecule has 5 nitrogen and oxygen atoms in total. The van der Waals surface area contributed by atoms with Crippen LogP contribution in [0.1, 0.15) is 36.7 Å². The van der Waals surface area contributed by atoms with E-state index in [1.807, 2.05) is 6.92 Å². The van der Waals surface area contributed by atoms with E-state index in [4.69, 9.17) is 17.3 Å². The van der Waals surface area contributed by atoms with Crippen LogP contribution < -0.4 is 5.73 Å². The highest BCUT2D eigenvalue weighted by Crippen LogP contribution is 2.27. The molecule has 0 unspecified atom stereocenters. The van der Waals surface area contributed by atoms with Crippen molar-refractivity contribution in [1.29, 1.82) is 0 Å². The van der Waals surface area contributed by atoms with Crippen LogP contribution in [0.4, 0.5) is 18.9 Å². The molecule has 0 radical (unpaired) electrons. The highest BCUT2D eigenvalue weighted by Gasteiger charge is 2.31. The zero-order valence-electron chi connectivity index (χ0n) is 19.6. The van der Waals surface area contributed by atoms with Gasteiger partial charge in [0.25, 0.3) is 5.91 Å². The van der Waals surface area contributed by atoms with Gasteiger partial charge in [-0.25, -0.2) is 4.99 Å². The zero-order valence-corrected chi connectivity index (χ0v) is 20.3. The van der Waals surface area contributed by atoms with Crippen LogP contribution >= 0.6 is 11.6 Å². The van der Waals surface area contributed by atoms with Gasteiger partial charge >= 0.3 is 6.18 Å². The smallest absolute Gasteiger partial charge is 0.395 e. The van der Waals surface area contributed by atoms with Gasteiger partial charge in [-0.15, -0.1) is 0 Å². The molecule has 1 amide bonds. The van der Waals surface area contributed by atoms with Crippen molar-refractivity contribution in [2.24, 2.45) is 10.7 Å². The number of rotatable bonds is 10. The number of allylic oxidation sites excluding steroid dienone is 2. The van der Waals surface area contributed by atoms with Gasteiger partial charge in [-0.1, -0.05) is 49.7 Å². The molecule has 0 aromatic heterocycles. The Hall–Kier alpha value is -2.84. The van der Waals surface area contributed by atoms with Crippen molar-refractivity contribution in [3.8, 4) is 0 Å². The molecule has 0 aliphatic carbocycles. The largest absolute Gasteiger partial charge is 0.430 e. The summed E-state index contributed by atoms with van der Waals surface area (Å²) in [7, 11) is 0. The van der Waals surface area contributed by atoms with Crippen LogP contribution in [0.25, 0.3) is 0 Å². The summed E-state index contributed by atoms with van der Waals surface area (Å²) >= 11 is 6.14. The SMILES string of the molecule is CCN(CC)CCN(CC)C(=O)c1ccc(C(C=C(N)C(F)(F)F)=Nc2ccccc2Cl)cc1. The summed E-state index contributed by atoms with van der Waals surface area (Å²) in [5, 5.41) is 0.289. The second-order valence-corrected chi connectivity index (χ2v) is 7.94. The lowest BCUT2D eigenvalue weighted by atomic mass is 10.1. The molecule has 2 N–H and O–H groups in total. The number of para-hydroxylation sites is 1. The van der Waals surface area contributed by atoms with Crippen molar-refractivity contribution in [2.75, 3.05) is 32.7 Å². The summed E-state index contributed by atoms with van der Waals surface area (Å²) in [6, 6.07) is 12.8. The highest BCUT2D eigenvalue weighted by molar-refractivity contribution is 6.33. The van der Waals surface area contributed by atoms with Crippen LogP contribution in [-0.2, 0) is 0 Å². The van der Waals surface area contributed by atoms with E-state index >= 15 is 0 Å². The van der Waals surface area contributed by atoms with Gasteiger partial charge in [0.05, 0.1) is 16.4 Å². The molecule has 0 bridgehead atoms. The molecule has 2 aromatic carbocycles. The lowest BCUT2D eigenvalue weighted by molar-refractivity contribution is -0.0925. The molecule has 0 saturated carbocycles. The van der Waals surface area contributed by atoms with E-state index in [2.05, 4.69) is 23.7 Å². The standard InChI is InChI=1S/C25H30ClF3N4O/c1-4-32(5-2)15-16-33(6-3)24(34)19-13-11-18(12-14-19)22(17-23(30)25(27,28)29)31-21-10-8-7-9-20(21)26/h7-14,17H,4-6,15-16,30H2,1-3H3. The molecule has 0 spiro atoms. The monoisotopic (exact) mass is 494 g/mol. The Morgan fingerprint density at radius 1 is 0.971 bits per heavy atom. The summed E-state index contributed by atoms with van der Waals surface area (Å²) < 4.78 is 39.3. The fourth-order valence-electron chi connectivity index (χ4n) is 3.25. The Bertz CT molecular complexity index is 1020. The van der Waals surface area contributed by atoms with E-state index in [0.29, 0.717) is 29.9 Å². The average Bonchev–Trinajstić information content (AvgIpc) is 2.82. The van der Waals surface area contributed by atoms with Gasteiger partial charge in [0.15, 0.2) is 0 Å². The zero-order chi connectivity index (χ0) is 25.3. The van der Waals surface area contributed by atoms with Crippen molar-refractivity contribution >= 4 is 28.9 Å². The summed E-state index contributed by atoms with van der Waals surface area (Å²) in [5.41, 5.74) is 5.07. The third-order valence-electron chi connectivity index (χ3n) is 5.39. The number of nitrogens with two attached hydrogens (primary N) is 1. The molecule has 184 valence electrons. The molecule has 34 heavy (non-hydrogen) atoms. The van der Waals surface area contributed by atoms with Gasteiger partial charge < -0.3 is 15.5 Å². The van der Waals surface area contributed by atoms with Crippen LogP contribution in [0.2, 0.25) is 5.02 Å².